The van der Waals surface area contributed by atoms with Crippen LogP contribution >= 0.6 is 0 Å². The van der Waals surface area contributed by atoms with E-state index in [0.717, 1.165) is 38.1 Å². The minimum atomic E-state index is -2.84. The second kappa shape index (κ2) is 5.74. The van der Waals surface area contributed by atoms with Gasteiger partial charge in [0.2, 0.25) is 0 Å². The molecule has 20 heavy (non-hydrogen) atoms. The summed E-state index contributed by atoms with van der Waals surface area (Å²) in [4.78, 5) is 0. The van der Waals surface area contributed by atoms with Crippen molar-refractivity contribution in [1.29, 1.82) is 0 Å². The van der Waals surface area contributed by atoms with Gasteiger partial charge in [-0.25, -0.2) is 8.42 Å². The van der Waals surface area contributed by atoms with E-state index in [-0.39, 0.29) is 11.7 Å². The minimum Gasteiger partial charge on any atom is -0.493 e. The maximum Gasteiger partial charge on any atom is 0.150 e. The summed E-state index contributed by atoms with van der Waals surface area (Å²) in [6, 6.07) is 6.21. The maximum absolute atomic E-state index is 11.6. The van der Waals surface area contributed by atoms with Crippen LogP contribution in [0.5, 0.6) is 5.75 Å². The molecule has 2 heterocycles. The minimum absolute atomic E-state index is 0.142. The third-order valence-electron chi connectivity index (χ3n) is 4.11. The number of rotatable bonds is 3. The SMILES string of the molecule is O=S1(=O)CCCC(COc2ccc3c(c2)CNCC3)C1. The highest BCUT2D eigenvalue weighted by Gasteiger charge is 2.25. The van der Waals surface area contributed by atoms with E-state index in [2.05, 4.69) is 17.4 Å². The Kier molecular flexibility index (Phi) is 3.98. The molecule has 1 atom stereocenters. The van der Waals surface area contributed by atoms with Crippen LogP contribution in [0.1, 0.15) is 24.0 Å². The molecule has 1 aromatic rings. The Bertz CT molecular complexity index is 583. The van der Waals surface area contributed by atoms with Gasteiger partial charge in [-0.3, -0.25) is 0 Å². The topological polar surface area (TPSA) is 55.4 Å². The predicted octanol–water partition coefficient (Wildman–Crippen LogP) is 1.54. The van der Waals surface area contributed by atoms with Gasteiger partial charge in [-0.05, 0) is 49.1 Å². The number of sulfone groups is 1. The van der Waals surface area contributed by atoms with Crippen LogP contribution < -0.4 is 10.1 Å². The lowest BCUT2D eigenvalue weighted by molar-refractivity contribution is 0.249. The lowest BCUT2D eigenvalue weighted by Crippen LogP contribution is -2.29. The molecule has 5 heteroatoms. The molecule has 0 aromatic heterocycles. The van der Waals surface area contributed by atoms with Crippen LogP contribution in [-0.4, -0.2) is 33.1 Å². The molecular weight excluding hydrogens is 274 g/mol. The molecule has 0 aliphatic carbocycles. The molecule has 0 radical (unpaired) electrons. The summed E-state index contributed by atoms with van der Waals surface area (Å²) in [7, 11) is -2.84. The Hall–Kier alpha value is -1.07. The van der Waals surface area contributed by atoms with Crippen molar-refractivity contribution in [2.75, 3.05) is 24.7 Å². The Balaban J connectivity index is 1.61. The first kappa shape index (κ1) is 13.9. The molecule has 1 fully saturated rings. The standard InChI is InChI=1S/C15H21NO3S/c17-20(18)7-1-2-12(11-20)10-19-15-4-3-13-5-6-16-9-14(13)8-15/h3-4,8,12,16H,1-2,5-7,9-11H2. The summed E-state index contributed by atoms with van der Waals surface area (Å²) in [6.07, 6.45) is 2.78. The Morgan fingerprint density at radius 1 is 1.30 bits per heavy atom. The van der Waals surface area contributed by atoms with E-state index < -0.39 is 9.84 Å². The summed E-state index contributed by atoms with van der Waals surface area (Å²) >= 11 is 0. The van der Waals surface area contributed by atoms with E-state index in [1.54, 1.807) is 0 Å². The third kappa shape index (κ3) is 3.33. The van der Waals surface area contributed by atoms with Gasteiger partial charge in [0.05, 0.1) is 18.1 Å². The van der Waals surface area contributed by atoms with Gasteiger partial charge >= 0.3 is 0 Å². The molecule has 0 bridgehead atoms. The van der Waals surface area contributed by atoms with Gasteiger partial charge in [0.1, 0.15) is 5.75 Å². The van der Waals surface area contributed by atoms with Gasteiger partial charge in [-0.1, -0.05) is 6.07 Å². The van der Waals surface area contributed by atoms with Crippen molar-refractivity contribution in [3.63, 3.8) is 0 Å². The van der Waals surface area contributed by atoms with Crippen LogP contribution in [0, 0.1) is 5.92 Å². The zero-order valence-electron chi connectivity index (χ0n) is 11.6. The molecule has 1 N–H and O–H groups in total. The number of hydrogen-bond donors (Lipinski definition) is 1. The highest BCUT2D eigenvalue weighted by molar-refractivity contribution is 7.91. The summed E-state index contributed by atoms with van der Waals surface area (Å²) in [6.45, 7) is 2.43. The maximum atomic E-state index is 11.6. The Morgan fingerprint density at radius 3 is 3.05 bits per heavy atom. The number of ether oxygens (including phenoxy) is 1. The van der Waals surface area contributed by atoms with Crippen molar-refractivity contribution >= 4 is 9.84 Å². The lowest BCUT2D eigenvalue weighted by Gasteiger charge is -2.23. The molecule has 2 aliphatic rings. The lowest BCUT2D eigenvalue weighted by atomic mass is 10.0. The first-order chi connectivity index (χ1) is 9.62. The quantitative estimate of drug-likeness (QED) is 0.919. The molecule has 1 saturated heterocycles. The van der Waals surface area contributed by atoms with Crippen LogP contribution in [-0.2, 0) is 22.8 Å². The van der Waals surface area contributed by atoms with Crippen LogP contribution in [0.25, 0.3) is 0 Å². The molecular formula is C15H21NO3S. The smallest absolute Gasteiger partial charge is 0.150 e. The second-order valence-corrected chi connectivity index (χ2v) is 8.02. The van der Waals surface area contributed by atoms with Gasteiger partial charge in [0.25, 0.3) is 0 Å². The summed E-state index contributed by atoms with van der Waals surface area (Å²) in [5.74, 6) is 1.62. The fourth-order valence-electron chi connectivity index (χ4n) is 3.01. The number of nitrogens with one attached hydrogen (secondary N) is 1. The first-order valence-corrected chi connectivity index (χ1v) is 9.10. The average Bonchev–Trinajstić information content (AvgIpc) is 2.44. The van der Waals surface area contributed by atoms with E-state index in [1.165, 1.54) is 11.1 Å². The molecule has 1 aromatic carbocycles. The zero-order valence-corrected chi connectivity index (χ0v) is 12.4. The summed E-state index contributed by atoms with van der Waals surface area (Å²) in [5.41, 5.74) is 2.68. The van der Waals surface area contributed by atoms with Gasteiger partial charge in [-0.2, -0.15) is 0 Å². The van der Waals surface area contributed by atoms with Crippen LogP contribution in [0.3, 0.4) is 0 Å². The van der Waals surface area contributed by atoms with Crippen LogP contribution in [0.2, 0.25) is 0 Å². The van der Waals surface area contributed by atoms with Gasteiger partial charge in [0.15, 0.2) is 9.84 Å². The fourth-order valence-corrected chi connectivity index (χ4v) is 4.76. The molecule has 4 nitrogen and oxygen atoms in total. The van der Waals surface area contributed by atoms with Crippen LogP contribution in [0.15, 0.2) is 18.2 Å². The van der Waals surface area contributed by atoms with E-state index in [9.17, 15) is 8.42 Å². The molecule has 0 spiro atoms. The first-order valence-electron chi connectivity index (χ1n) is 7.28. The van der Waals surface area contributed by atoms with E-state index in [0.29, 0.717) is 12.4 Å². The molecule has 110 valence electrons. The largest absolute Gasteiger partial charge is 0.493 e. The van der Waals surface area contributed by atoms with E-state index in [4.69, 9.17) is 4.74 Å². The second-order valence-electron chi connectivity index (χ2n) is 5.79. The summed E-state index contributed by atoms with van der Waals surface area (Å²) in [5, 5.41) is 3.35. The number of fused-ring (bicyclic) bond motifs is 1. The normalized spacial score (nSPS) is 24.9. The molecule has 3 rings (SSSR count). The Morgan fingerprint density at radius 2 is 2.20 bits per heavy atom. The van der Waals surface area contributed by atoms with Crippen molar-refractivity contribution in [3.05, 3.63) is 29.3 Å². The van der Waals surface area contributed by atoms with Crippen molar-refractivity contribution in [1.82, 2.24) is 5.32 Å². The molecule has 2 aliphatic heterocycles. The zero-order chi connectivity index (χ0) is 14.0. The highest BCUT2D eigenvalue weighted by atomic mass is 32.2. The molecule has 0 amide bonds. The van der Waals surface area contributed by atoms with E-state index >= 15 is 0 Å². The monoisotopic (exact) mass is 295 g/mol. The summed E-state index contributed by atoms with van der Waals surface area (Å²) < 4.78 is 29.0. The third-order valence-corrected chi connectivity index (χ3v) is 6.00. The van der Waals surface area contributed by atoms with Crippen LogP contribution in [0.4, 0.5) is 0 Å². The van der Waals surface area contributed by atoms with Crippen molar-refractivity contribution in [2.24, 2.45) is 5.92 Å². The van der Waals surface area contributed by atoms with Gasteiger partial charge < -0.3 is 10.1 Å². The predicted molar refractivity (Wildman–Crippen MR) is 78.7 cm³/mol. The fraction of sp³-hybridized carbons (Fsp3) is 0.600. The molecule has 1 unspecified atom stereocenters. The van der Waals surface area contributed by atoms with Gasteiger partial charge in [0, 0.05) is 12.5 Å². The average molecular weight is 295 g/mol. The van der Waals surface area contributed by atoms with E-state index in [1.807, 2.05) is 6.07 Å². The highest BCUT2D eigenvalue weighted by Crippen LogP contribution is 2.23. The van der Waals surface area contributed by atoms with Gasteiger partial charge in [-0.15, -0.1) is 0 Å². The molecule has 0 saturated carbocycles. The number of hydrogen-bond acceptors (Lipinski definition) is 4. The Labute approximate surface area is 120 Å². The van der Waals surface area contributed by atoms with Crippen molar-refractivity contribution < 1.29 is 13.2 Å². The van der Waals surface area contributed by atoms with Crippen molar-refractivity contribution in [3.8, 4) is 5.75 Å². The number of benzene rings is 1. The van der Waals surface area contributed by atoms with Crippen molar-refractivity contribution in [2.45, 2.75) is 25.8 Å².